The topological polar surface area (TPSA) is 153 Å². The molecule has 2 aromatic carbocycles. The smallest absolute Gasteiger partial charge is 0.416 e. The molecule has 1 atom stereocenters. The first-order valence-corrected chi connectivity index (χ1v) is 12.0. The van der Waals surface area contributed by atoms with Gasteiger partial charge < -0.3 is 15.8 Å². The zero-order valence-electron chi connectivity index (χ0n) is 21.9. The lowest BCUT2D eigenvalue weighted by Gasteiger charge is -2.43. The normalized spacial score (nSPS) is 15.5. The number of halogens is 3. The van der Waals surface area contributed by atoms with Crippen LogP contribution in [0.2, 0.25) is 0 Å². The molecular formula is C27H27F3N6O4. The number of rotatable bonds is 7. The predicted octanol–water partition coefficient (Wildman–Crippen LogP) is 3.97. The number of benzene rings is 2. The highest BCUT2D eigenvalue weighted by Crippen LogP contribution is 2.42. The standard InChI is InChI=1S/C27H27F3N6O4/c1-15-22(24(38)40-3)23(21-10-9-17(14-31)12-18(21)6-5-11-34-16(2)37)36(26(33)39)25(32)35(15)20-8-4-7-19(13-20)27(28,29)30/h4,7-10,12-13,23,32H,5-6,11H2,1-3H3,(H2,33,39)(H,34,37)/t23-/m1/s1. The van der Waals surface area contributed by atoms with Gasteiger partial charge in [-0.3, -0.25) is 20.0 Å². The number of carbonyl (C=O) groups is 3. The Kier molecular flexibility index (Phi) is 8.83. The van der Waals surface area contributed by atoms with Crippen LogP contribution in [0.4, 0.5) is 23.7 Å². The van der Waals surface area contributed by atoms with E-state index in [1.807, 2.05) is 6.07 Å². The molecule has 0 saturated heterocycles. The molecule has 0 unspecified atom stereocenters. The Balaban J connectivity index is 2.26. The number of nitrogens with two attached hydrogens (primary N) is 1. The molecular weight excluding hydrogens is 529 g/mol. The number of anilines is 1. The Hall–Kier alpha value is -4.86. The summed E-state index contributed by atoms with van der Waals surface area (Å²) in [6.07, 6.45) is -3.93. The SMILES string of the molecule is COC(=O)C1=C(C)N(c2cccc(C(F)(F)F)c2)C(=N)N(C(N)=O)[C@@H]1c1ccc(C#N)cc1CCCNC(C)=O. The lowest BCUT2D eigenvalue weighted by Crippen LogP contribution is -2.55. The van der Waals surface area contributed by atoms with E-state index in [0.29, 0.717) is 36.1 Å². The van der Waals surface area contributed by atoms with Crippen molar-refractivity contribution in [3.63, 3.8) is 0 Å². The largest absolute Gasteiger partial charge is 0.466 e. The number of guanidine groups is 1. The van der Waals surface area contributed by atoms with Gasteiger partial charge in [0.15, 0.2) is 0 Å². The number of nitriles is 1. The van der Waals surface area contributed by atoms with E-state index in [2.05, 4.69) is 5.32 Å². The van der Waals surface area contributed by atoms with Crippen LogP contribution >= 0.6 is 0 Å². The van der Waals surface area contributed by atoms with Crippen molar-refractivity contribution in [1.82, 2.24) is 10.2 Å². The number of alkyl halides is 3. The second-order valence-electron chi connectivity index (χ2n) is 8.92. The van der Waals surface area contributed by atoms with Crippen LogP contribution in [-0.2, 0) is 26.9 Å². The fourth-order valence-corrected chi connectivity index (χ4v) is 4.57. The highest BCUT2D eigenvalue weighted by atomic mass is 19.4. The van der Waals surface area contributed by atoms with Crippen LogP contribution in [0.1, 0.15) is 48.6 Å². The molecule has 0 saturated carbocycles. The van der Waals surface area contributed by atoms with Crippen LogP contribution in [0.5, 0.6) is 0 Å². The number of urea groups is 1. The highest BCUT2D eigenvalue weighted by Gasteiger charge is 2.44. The van der Waals surface area contributed by atoms with Crippen molar-refractivity contribution < 1.29 is 32.3 Å². The number of allylic oxidation sites excluding steroid dienone is 1. The average molecular weight is 557 g/mol. The van der Waals surface area contributed by atoms with Crippen LogP contribution in [0, 0.1) is 16.7 Å². The van der Waals surface area contributed by atoms with Crippen molar-refractivity contribution in [3.05, 3.63) is 76.0 Å². The molecule has 3 amide bonds. The number of primary amides is 1. The highest BCUT2D eigenvalue weighted by molar-refractivity contribution is 6.10. The lowest BCUT2D eigenvalue weighted by molar-refractivity contribution is -0.138. The molecule has 0 fully saturated rings. The summed E-state index contributed by atoms with van der Waals surface area (Å²) in [4.78, 5) is 39.1. The number of methoxy groups -OCH3 is 1. The van der Waals surface area contributed by atoms with E-state index in [4.69, 9.17) is 15.9 Å². The number of carbonyl (C=O) groups excluding carboxylic acids is 3. The minimum absolute atomic E-state index is 0.0484. The molecule has 0 aromatic heterocycles. The van der Waals surface area contributed by atoms with E-state index in [1.54, 1.807) is 6.07 Å². The summed E-state index contributed by atoms with van der Waals surface area (Å²) in [6, 6.07) is 8.25. The van der Waals surface area contributed by atoms with Crippen molar-refractivity contribution in [3.8, 4) is 6.07 Å². The molecule has 0 radical (unpaired) electrons. The summed E-state index contributed by atoms with van der Waals surface area (Å²) in [5.74, 6) is -1.71. The number of aryl methyl sites for hydroxylation is 1. The number of esters is 1. The van der Waals surface area contributed by atoms with Crippen molar-refractivity contribution in [2.24, 2.45) is 5.73 Å². The molecule has 40 heavy (non-hydrogen) atoms. The first-order valence-electron chi connectivity index (χ1n) is 12.0. The van der Waals surface area contributed by atoms with Gasteiger partial charge in [0, 0.05) is 24.9 Å². The maximum atomic E-state index is 13.5. The third kappa shape index (κ3) is 6.06. The molecule has 1 heterocycles. The summed E-state index contributed by atoms with van der Waals surface area (Å²) in [5, 5.41) is 21.0. The Morgan fingerprint density at radius 1 is 1.20 bits per heavy atom. The van der Waals surface area contributed by atoms with E-state index < -0.39 is 35.7 Å². The van der Waals surface area contributed by atoms with Gasteiger partial charge in [0.25, 0.3) is 0 Å². The van der Waals surface area contributed by atoms with E-state index in [1.165, 1.54) is 32.0 Å². The monoisotopic (exact) mass is 556 g/mol. The Bertz CT molecular complexity index is 1430. The molecule has 10 nitrogen and oxygen atoms in total. The molecule has 210 valence electrons. The van der Waals surface area contributed by atoms with Crippen LogP contribution in [0.25, 0.3) is 0 Å². The maximum Gasteiger partial charge on any atom is 0.416 e. The fraction of sp³-hybridized carbons (Fsp3) is 0.296. The number of hydrogen-bond donors (Lipinski definition) is 3. The van der Waals surface area contributed by atoms with Gasteiger partial charge >= 0.3 is 18.2 Å². The molecule has 1 aliphatic rings. The van der Waals surface area contributed by atoms with E-state index >= 15 is 0 Å². The van der Waals surface area contributed by atoms with Crippen LogP contribution in [-0.4, -0.2) is 42.4 Å². The van der Waals surface area contributed by atoms with Gasteiger partial charge in [-0.15, -0.1) is 0 Å². The molecule has 4 N–H and O–H groups in total. The van der Waals surface area contributed by atoms with Gasteiger partial charge in [-0.2, -0.15) is 18.4 Å². The number of nitrogens with zero attached hydrogens (tertiary/aromatic N) is 3. The third-order valence-electron chi connectivity index (χ3n) is 6.33. The molecule has 0 spiro atoms. The van der Waals surface area contributed by atoms with Crippen LogP contribution in [0.3, 0.4) is 0 Å². The van der Waals surface area contributed by atoms with Crippen molar-refractivity contribution >= 4 is 29.6 Å². The van der Waals surface area contributed by atoms with E-state index in [-0.39, 0.29) is 22.9 Å². The summed E-state index contributed by atoms with van der Waals surface area (Å²) in [7, 11) is 1.11. The minimum atomic E-state index is -4.68. The molecule has 2 aromatic rings. The summed E-state index contributed by atoms with van der Waals surface area (Å²) in [5.41, 5.74) is 5.68. The summed E-state index contributed by atoms with van der Waals surface area (Å²) in [6.45, 7) is 3.10. The zero-order valence-corrected chi connectivity index (χ0v) is 21.9. The summed E-state index contributed by atoms with van der Waals surface area (Å²) >= 11 is 0. The Morgan fingerprint density at radius 3 is 2.48 bits per heavy atom. The molecule has 0 aliphatic carbocycles. The number of hydrogen-bond acceptors (Lipinski definition) is 6. The molecule has 1 aliphatic heterocycles. The van der Waals surface area contributed by atoms with E-state index in [9.17, 15) is 32.8 Å². The number of amides is 3. The molecule has 0 bridgehead atoms. The minimum Gasteiger partial charge on any atom is -0.466 e. The van der Waals surface area contributed by atoms with Crippen LogP contribution in [0.15, 0.2) is 53.7 Å². The van der Waals surface area contributed by atoms with Crippen LogP contribution < -0.4 is 16.0 Å². The second kappa shape index (κ2) is 11.9. The van der Waals surface area contributed by atoms with E-state index in [0.717, 1.165) is 35.1 Å². The molecule has 3 rings (SSSR count). The quantitative estimate of drug-likeness (QED) is 0.347. The van der Waals surface area contributed by atoms with Gasteiger partial charge in [-0.1, -0.05) is 12.1 Å². The fourth-order valence-electron chi connectivity index (χ4n) is 4.57. The number of ether oxygens (including phenoxy) is 1. The first-order chi connectivity index (χ1) is 18.8. The third-order valence-corrected chi connectivity index (χ3v) is 6.33. The van der Waals surface area contributed by atoms with Crippen molar-refractivity contribution in [1.29, 1.82) is 10.7 Å². The molecule has 13 heteroatoms. The first kappa shape index (κ1) is 29.7. The van der Waals surface area contributed by atoms with Gasteiger partial charge in [-0.25, -0.2) is 9.59 Å². The number of nitrogens with one attached hydrogen (secondary N) is 2. The average Bonchev–Trinajstić information content (AvgIpc) is 2.89. The van der Waals surface area contributed by atoms with Crippen molar-refractivity contribution in [2.45, 2.75) is 38.9 Å². The lowest BCUT2D eigenvalue weighted by atomic mass is 9.87. The van der Waals surface area contributed by atoms with Crippen molar-refractivity contribution in [2.75, 3.05) is 18.6 Å². The Labute approximate surface area is 228 Å². The van der Waals surface area contributed by atoms with Gasteiger partial charge in [-0.05, 0) is 61.2 Å². The zero-order chi connectivity index (χ0) is 29.8. The van der Waals surface area contributed by atoms with Gasteiger partial charge in [0.1, 0.15) is 6.04 Å². The predicted molar refractivity (Wildman–Crippen MR) is 139 cm³/mol. The second-order valence-corrected chi connectivity index (χ2v) is 8.92. The Morgan fingerprint density at radius 2 is 1.90 bits per heavy atom. The van der Waals surface area contributed by atoms with Gasteiger partial charge in [0.05, 0.1) is 29.9 Å². The summed E-state index contributed by atoms with van der Waals surface area (Å²) < 4.78 is 45.4. The van der Waals surface area contributed by atoms with Gasteiger partial charge in [0.2, 0.25) is 11.9 Å². The maximum absolute atomic E-state index is 13.5.